The van der Waals surface area contributed by atoms with Crippen molar-refractivity contribution in [3.8, 4) is 5.75 Å². The van der Waals surface area contributed by atoms with E-state index in [9.17, 15) is 17.9 Å². The predicted molar refractivity (Wildman–Crippen MR) is 79.7 cm³/mol. The summed E-state index contributed by atoms with van der Waals surface area (Å²) in [5.74, 6) is -1.09. The number of hydrogen-bond donors (Lipinski definition) is 2. The molecule has 0 aromatic heterocycles. The smallest absolute Gasteiger partial charge is 0.175 e. The van der Waals surface area contributed by atoms with Crippen LogP contribution in [0.3, 0.4) is 0 Å². The molecular formula is C15H16FNO3S. The van der Waals surface area contributed by atoms with Crippen LogP contribution in [0.2, 0.25) is 0 Å². The minimum Gasteiger partial charge on any atom is -0.505 e. The zero-order valence-electron chi connectivity index (χ0n) is 11.7. The molecule has 0 saturated carbocycles. The lowest BCUT2D eigenvalue weighted by Crippen LogP contribution is -2.04. The largest absolute Gasteiger partial charge is 0.505 e. The fourth-order valence-corrected chi connectivity index (χ4v) is 2.56. The summed E-state index contributed by atoms with van der Waals surface area (Å²) in [6.45, 7) is 2.03. The van der Waals surface area contributed by atoms with Crippen LogP contribution in [0.5, 0.6) is 5.75 Å². The number of para-hydroxylation sites is 1. The Kier molecular flexibility index (Phi) is 4.18. The molecule has 0 radical (unpaired) electrons. The molecule has 0 aliphatic rings. The Morgan fingerprint density at radius 3 is 2.62 bits per heavy atom. The molecule has 21 heavy (non-hydrogen) atoms. The molecule has 112 valence electrons. The minimum atomic E-state index is -3.29. The molecule has 0 atom stereocenters. The normalized spacial score (nSPS) is 11.4. The van der Waals surface area contributed by atoms with Crippen LogP contribution in [-0.2, 0) is 16.4 Å². The van der Waals surface area contributed by atoms with E-state index in [1.807, 2.05) is 6.92 Å². The summed E-state index contributed by atoms with van der Waals surface area (Å²) in [4.78, 5) is 0.207. The van der Waals surface area contributed by atoms with Crippen LogP contribution in [0.15, 0.2) is 41.3 Å². The molecular weight excluding hydrogens is 293 g/mol. The Hall–Kier alpha value is -2.08. The highest BCUT2D eigenvalue weighted by Crippen LogP contribution is 2.24. The van der Waals surface area contributed by atoms with Crippen molar-refractivity contribution in [3.05, 3.63) is 53.3 Å². The zero-order valence-corrected chi connectivity index (χ0v) is 12.5. The minimum absolute atomic E-state index is 0.192. The second-order valence-electron chi connectivity index (χ2n) is 4.85. The molecule has 2 aromatic rings. The molecule has 0 saturated heterocycles. The number of phenols is 1. The first-order chi connectivity index (χ1) is 9.79. The number of sulfone groups is 1. The Balaban J connectivity index is 2.26. The molecule has 6 heteroatoms. The molecule has 2 rings (SSSR count). The number of aromatic hydroxyl groups is 1. The van der Waals surface area contributed by atoms with Crippen molar-refractivity contribution in [2.45, 2.75) is 18.4 Å². The van der Waals surface area contributed by atoms with Gasteiger partial charge in [-0.15, -0.1) is 0 Å². The highest BCUT2D eigenvalue weighted by molar-refractivity contribution is 7.90. The molecule has 0 bridgehead atoms. The van der Waals surface area contributed by atoms with Crippen LogP contribution >= 0.6 is 0 Å². The van der Waals surface area contributed by atoms with Crippen molar-refractivity contribution >= 4 is 15.5 Å². The molecule has 0 spiro atoms. The third-order valence-corrected chi connectivity index (χ3v) is 4.29. The van der Waals surface area contributed by atoms with E-state index in [-0.39, 0.29) is 11.4 Å². The topological polar surface area (TPSA) is 66.4 Å². The number of nitrogens with one attached hydrogen (secondary N) is 1. The van der Waals surface area contributed by atoms with Crippen LogP contribution in [0, 0.1) is 12.7 Å². The number of phenolic OH excluding ortho intramolecular Hbond substituents is 1. The van der Waals surface area contributed by atoms with Gasteiger partial charge in [0.1, 0.15) is 0 Å². The van der Waals surface area contributed by atoms with Crippen LogP contribution in [0.25, 0.3) is 0 Å². The lowest BCUT2D eigenvalue weighted by Gasteiger charge is -2.12. The maximum atomic E-state index is 13.2. The third-order valence-electron chi connectivity index (χ3n) is 3.18. The van der Waals surface area contributed by atoms with Gasteiger partial charge in [-0.1, -0.05) is 18.2 Å². The number of anilines is 1. The van der Waals surface area contributed by atoms with Crippen LogP contribution in [0.1, 0.15) is 11.1 Å². The summed E-state index contributed by atoms with van der Waals surface area (Å²) in [5, 5.41) is 12.6. The fraction of sp³-hybridized carbons (Fsp3) is 0.200. The molecule has 0 heterocycles. The van der Waals surface area contributed by atoms with Gasteiger partial charge >= 0.3 is 0 Å². The second kappa shape index (κ2) is 5.73. The first-order valence-electron chi connectivity index (χ1n) is 6.30. The summed E-state index contributed by atoms with van der Waals surface area (Å²) >= 11 is 0. The van der Waals surface area contributed by atoms with Crippen molar-refractivity contribution in [1.82, 2.24) is 0 Å². The Morgan fingerprint density at radius 2 is 1.95 bits per heavy atom. The maximum Gasteiger partial charge on any atom is 0.175 e. The van der Waals surface area contributed by atoms with E-state index in [1.54, 1.807) is 12.1 Å². The maximum absolute atomic E-state index is 13.2. The lowest BCUT2D eigenvalue weighted by atomic mass is 10.1. The van der Waals surface area contributed by atoms with Gasteiger partial charge in [0.2, 0.25) is 0 Å². The van der Waals surface area contributed by atoms with E-state index in [0.29, 0.717) is 11.3 Å². The molecule has 0 fully saturated rings. The van der Waals surface area contributed by atoms with E-state index in [1.165, 1.54) is 24.3 Å². The number of hydrogen-bond acceptors (Lipinski definition) is 4. The Bertz CT molecular complexity index is 772. The molecule has 2 N–H and O–H groups in total. The summed E-state index contributed by atoms with van der Waals surface area (Å²) in [6.07, 6.45) is 1.14. The van der Waals surface area contributed by atoms with Gasteiger partial charge in [0, 0.05) is 24.1 Å². The summed E-state index contributed by atoms with van der Waals surface area (Å²) in [6, 6.07) is 9.04. The van der Waals surface area contributed by atoms with E-state index in [4.69, 9.17) is 0 Å². The number of halogens is 1. The molecule has 0 aliphatic carbocycles. The first kappa shape index (κ1) is 15.3. The van der Waals surface area contributed by atoms with Gasteiger partial charge in [0.05, 0.1) is 4.90 Å². The molecule has 0 aliphatic heterocycles. The van der Waals surface area contributed by atoms with Gasteiger partial charge in [-0.25, -0.2) is 12.8 Å². The van der Waals surface area contributed by atoms with Crippen LogP contribution in [0.4, 0.5) is 10.1 Å². The average Bonchev–Trinajstić information content (AvgIpc) is 2.40. The molecule has 0 amide bonds. The lowest BCUT2D eigenvalue weighted by molar-refractivity contribution is 0.427. The highest BCUT2D eigenvalue weighted by atomic mass is 32.2. The third kappa shape index (κ3) is 3.52. The Morgan fingerprint density at radius 1 is 1.24 bits per heavy atom. The van der Waals surface area contributed by atoms with E-state index < -0.39 is 21.4 Å². The van der Waals surface area contributed by atoms with E-state index in [0.717, 1.165) is 11.8 Å². The zero-order chi connectivity index (χ0) is 15.6. The number of benzene rings is 2. The van der Waals surface area contributed by atoms with E-state index in [2.05, 4.69) is 5.32 Å². The van der Waals surface area contributed by atoms with Gasteiger partial charge in [-0.2, -0.15) is 0 Å². The van der Waals surface area contributed by atoms with Crippen LogP contribution in [-0.4, -0.2) is 19.8 Å². The molecule has 0 unspecified atom stereocenters. The standard InChI is InChI=1S/C15H16FNO3S/c1-10-6-7-12(21(2,19)20)8-14(10)17-9-11-4-3-5-13(16)15(11)18/h3-8,17-18H,9H2,1-2H3. The van der Waals surface area contributed by atoms with Crippen LogP contribution < -0.4 is 5.32 Å². The SMILES string of the molecule is Cc1ccc(S(C)(=O)=O)cc1NCc1cccc(F)c1O. The molecule has 4 nitrogen and oxygen atoms in total. The van der Waals surface area contributed by atoms with Crippen molar-refractivity contribution in [3.63, 3.8) is 0 Å². The van der Waals surface area contributed by atoms with Gasteiger partial charge in [-0.05, 0) is 30.7 Å². The number of aryl methyl sites for hydroxylation is 1. The van der Waals surface area contributed by atoms with Gasteiger partial charge in [0.25, 0.3) is 0 Å². The van der Waals surface area contributed by atoms with E-state index >= 15 is 0 Å². The number of rotatable bonds is 4. The summed E-state index contributed by atoms with van der Waals surface area (Å²) < 4.78 is 36.4. The van der Waals surface area contributed by atoms with Crippen molar-refractivity contribution in [1.29, 1.82) is 0 Å². The van der Waals surface area contributed by atoms with Gasteiger partial charge < -0.3 is 10.4 Å². The van der Waals surface area contributed by atoms with Crippen molar-refractivity contribution < 1.29 is 17.9 Å². The van der Waals surface area contributed by atoms with Crippen molar-refractivity contribution in [2.24, 2.45) is 0 Å². The first-order valence-corrected chi connectivity index (χ1v) is 8.19. The fourth-order valence-electron chi connectivity index (χ4n) is 1.92. The highest BCUT2D eigenvalue weighted by Gasteiger charge is 2.10. The summed E-state index contributed by atoms with van der Waals surface area (Å²) in [7, 11) is -3.29. The predicted octanol–water partition coefficient (Wildman–Crippen LogP) is 2.86. The average molecular weight is 309 g/mol. The molecule has 2 aromatic carbocycles. The quantitative estimate of drug-likeness (QED) is 0.911. The van der Waals surface area contributed by atoms with Crippen molar-refractivity contribution in [2.75, 3.05) is 11.6 Å². The van der Waals surface area contributed by atoms with Gasteiger partial charge in [0.15, 0.2) is 21.4 Å². The second-order valence-corrected chi connectivity index (χ2v) is 6.87. The monoisotopic (exact) mass is 309 g/mol. The van der Waals surface area contributed by atoms with Gasteiger partial charge in [-0.3, -0.25) is 0 Å². The summed E-state index contributed by atoms with van der Waals surface area (Å²) in [5.41, 5.74) is 1.89. The Labute approximate surface area is 123 Å².